The van der Waals surface area contributed by atoms with E-state index < -0.39 is 12.8 Å². The number of hydrogen-bond donors (Lipinski definition) is 1. The Morgan fingerprint density at radius 2 is 1.80 bits per heavy atom. The Morgan fingerprint density at radius 1 is 1.13 bits per heavy atom. The van der Waals surface area contributed by atoms with Crippen molar-refractivity contribution in [1.29, 1.82) is 0 Å². The lowest BCUT2D eigenvalue weighted by Crippen LogP contribution is -2.33. The van der Waals surface area contributed by atoms with E-state index in [1.165, 1.54) is 0 Å². The molecular weight excluding hydrogens is 211 g/mol. The Morgan fingerprint density at radius 3 is 2.40 bits per heavy atom. The summed E-state index contributed by atoms with van der Waals surface area (Å²) in [7, 11) is 0. The molecule has 1 aliphatic rings. The highest BCUT2D eigenvalue weighted by Gasteiger charge is 2.27. The number of piperidine rings is 1. The normalized spacial score (nSPS) is 19.4. The molecular formula is C9H16F3NO2. The molecule has 3 nitrogen and oxygen atoms in total. The van der Waals surface area contributed by atoms with Crippen molar-refractivity contribution in [2.24, 2.45) is 0 Å². The van der Waals surface area contributed by atoms with Gasteiger partial charge in [0.15, 0.2) is 0 Å². The van der Waals surface area contributed by atoms with Crippen molar-refractivity contribution in [2.75, 3.05) is 32.9 Å². The summed E-state index contributed by atoms with van der Waals surface area (Å²) in [4.78, 5) is 0. The van der Waals surface area contributed by atoms with Gasteiger partial charge in [0, 0.05) is 0 Å². The number of ether oxygens (including phenoxy) is 2. The summed E-state index contributed by atoms with van der Waals surface area (Å²) in [6.45, 7) is 0.870. The van der Waals surface area contributed by atoms with Gasteiger partial charge in [0.25, 0.3) is 0 Å². The van der Waals surface area contributed by atoms with E-state index in [0.717, 1.165) is 25.9 Å². The predicted octanol–water partition coefficient (Wildman–Crippen LogP) is 1.33. The van der Waals surface area contributed by atoms with Crippen molar-refractivity contribution in [3.8, 4) is 0 Å². The Kier molecular flexibility index (Phi) is 5.35. The molecule has 1 aliphatic heterocycles. The van der Waals surface area contributed by atoms with Gasteiger partial charge in [-0.3, -0.25) is 0 Å². The smallest absolute Gasteiger partial charge is 0.376 e. The molecule has 0 atom stereocenters. The summed E-state index contributed by atoms with van der Waals surface area (Å²) in [6.07, 6.45) is -2.24. The lowest BCUT2D eigenvalue weighted by atomic mass is 10.1. The molecule has 1 fully saturated rings. The topological polar surface area (TPSA) is 30.5 Å². The fourth-order valence-electron chi connectivity index (χ4n) is 1.42. The molecule has 0 aromatic heterocycles. The molecule has 1 rings (SSSR count). The Hall–Kier alpha value is -0.330. The molecule has 0 spiro atoms. The average Bonchev–Trinajstić information content (AvgIpc) is 2.17. The van der Waals surface area contributed by atoms with Crippen molar-refractivity contribution in [3.05, 3.63) is 0 Å². The van der Waals surface area contributed by atoms with E-state index in [4.69, 9.17) is 4.74 Å². The fraction of sp³-hybridized carbons (Fsp3) is 1.00. The SMILES string of the molecule is FC(F)(F)COCCOC1CCNCC1. The molecule has 0 bridgehead atoms. The highest BCUT2D eigenvalue weighted by Crippen LogP contribution is 2.14. The van der Waals surface area contributed by atoms with Crippen molar-refractivity contribution in [2.45, 2.75) is 25.1 Å². The van der Waals surface area contributed by atoms with Crippen LogP contribution in [-0.4, -0.2) is 45.2 Å². The Balaban J connectivity index is 1.92. The molecule has 0 saturated carbocycles. The van der Waals surface area contributed by atoms with Gasteiger partial charge in [-0.1, -0.05) is 0 Å². The van der Waals surface area contributed by atoms with Gasteiger partial charge < -0.3 is 14.8 Å². The third kappa shape index (κ3) is 6.70. The lowest BCUT2D eigenvalue weighted by Gasteiger charge is -2.22. The second-order valence-corrected chi connectivity index (χ2v) is 3.49. The van der Waals surface area contributed by atoms with Crippen LogP contribution in [0, 0.1) is 0 Å². The van der Waals surface area contributed by atoms with Crippen LogP contribution in [0.2, 0.25) is 0 Å². The zero-order chi connectivity index (χ0) is 11.1. The highest BCUT2D eigenvalue weighted by molar-refractivity contribution is 4.67. The first kappa shape index (κ1) is 12.7. The van der Waals surface area contributed by atoms with E-state index in [1.54, 1.807) is 0 Å². The zero-order valence-electron chi connectivity index (χ0n) is 8.48. The Bertz CT molecular complexity index is 169. The zero-order valence-corrected chi connectivity index (χ0v) is 8.48. The number of alkyl halides is 3. The van der Waals surface area contributed by atoms with Crippen LogP contribution in [0.3, 0.4) is 0 Å². The third-order valence-electron chi connectivity index (χ3n) is 2.13. The number of rotatable bonds is 5. The van der Waals surface area contributed by atoms with Crippen LogP contribution in [-0.2, 0) is 9.47 Å². The summed E-state index contributed by atoms with van der Waals surface area (Å²) in [6, 6.07) is 0. The van der Waals surface area contributed by atoms with Crippen LogP contribution >= 0.6 is 0 Å². The van der Waals surface area contributed by atoms with Crippen molar-refractivity contribution < 1.29 is 22.6 Å². The van der Waals surface area contributed by atoms with Gasteiger partial charge in [-0.15, -0.1) is 0 Å². The van der Waals surface area contributed by atoms with E-state index in [0.29, 0.717) is 0 Å². The third-order valence-corrected chi connectivity index (χ3v) is 2.13. The van der Waals surface area contributed by atoms with Gasteiger partial charge in [-0.05, 0) is 25.9 Å². The van der Waals surface area contributed by atoms with Crippen LogP contribution in [0.5, 0.6) is 0 Å². The van der Waals surface area contributed by atoms with Gasteiger partial charge in [0.2, 0.25) is 0 Å². The maximum absolute atomic E-state index is 11.7. The van der Waals surface area contributed by atoms with Gasteiger partial charge in [0.1, 0.15) is 6.61 Å². The minimum atomic E-state index is -4.24. The van der Waals surface area contributed by atoms with Gasteiger partial charge in [0.05, 0.1) is 19.3 Å². The van der Waals surface area contributed by atoms with Crippen LogP contribution in [0.15, 0.2) is 0 Å². The van der Waals surface area contributed by atoms with Crippen molar-refractivity contribution in [1.82, 2.24) is 5.32 Å². The standard InChI is InChI=1S/C9H16F3NO2/c10-9(11,12)7-14-5-6-15-8-1-3-13-4-2-8/h8,13H,1-7H2. The van der Waals surface area contributed by atoms with E-state index in [1.807, 2.05) is 0 Å². The molecule has 90 valence electrons. The molecule has 1 heterocycles. The highest BCUT2D eigenvalue weighted by atomic mass is 19.4. The average molecular weight is 227 g/mol. The first-order chi connectivity index (χ1) is 7.08. The molecule has 0 amide bonds. The van der Waals surface area contributed by atoms with Crippen LogP contribution < -0.4 is 5.32 Å². The van der Waals surface area contributed by atoms with Crippen LogP contribution in [0.25, 0.3) is 0 Å². The predicted molar refractivity (Wildman–Crippen MR) is 48.7 cm³/mol. The summed E-state index contributed by atoms with van der Waals surface area (Å²) in [5, 5.41) is 3.18. The van der Waals surface area contributed by atoms with Gasteiger partial charge >= 0.3 is 6.18 Å². The van der Waals surface area contributed by atoms with Crippen LogP contribution in [0.4, 0.5) is 13.2 Å². The van der Waals surface area contributed by atoms with E-state index in [9.17, 15) is 13.2 Å². The molecule has 1 N–H and O–H groups in total. The largest absolute Gasteiger partial charge is 0.411 e. The molecule has 0 unspecified atom stereocenters. The maximum atomic E-state index is 11.7. The van der Waals surface area contributed by atoms with E-state index in [-0.39, 0.29) is 19.3 Å². The summed E-state index contributed by atoms with van der Waals surface area (Å²) in [5.74, 6) is 0. The summed E-state index contributed by atoms with van der Waals surface area (Å²) in [5.41, 5.74) is 0. The minimum absolute atomic E-state index is 0.00341. The van der Waals surface area contributed by atoms with Crippen LogP contribution in [0.1, 0.15) is 12.8 Å². The lowest BCUT2D eigenvalue weighted by molar-refractivity contribution is -0.177. The molecule has 0 radical (unpaired) electrons. The second kappa shape index (κ2) is 6.30. The molecule has 1 saturated heterocycles. The monoisotopic (exact) mass is 227 g/mol. The van der Waals surface area contributed by atoms with E-state index in [2.05, 4.69) is 10.1 Å². The summed E-state index contributed by atoms with van der Waals surface area (Å²) < 4.78 is 44.8. The number of hydrogen-bond acceptors (Lipinski definition) is 3. The fourth-order valence-corrected chi connectivity index (χ4v) is 1.42. The molecule has 6 heteroatoms. The second-order valence-electron chi connectivity index (χ2n) is 3.49. The maximum Gasteiger partial charge on any atom is 0.411 e. The van der Waals surface area contributed by atoms with Gasteiger partial charge in [-0.25, -0.2) is 0 Å². The van der Waals surface area contributed by atoms with Crippen molar-refractivity contribution >= 4 is 0 Å². The molecule has 0 aromatic carbocycles. The Labute approximate surface area is 86.9 Å². The number of nitrogens with one attached hydrogen (secondary N) is 1. The first-order valence-electron chi connectivity index (χ1n) is 5.05. The quantitative estimate of drug-likeness (QED) is 0.719. The van der Waals surface area contributed by atoms with E-state index >= 15 is 0 Å². The molecule has 0 aromatic rings. The molecule has 0 aliphatic carbocycles. The first-order valence-corrected chi connectivity index (χ1v) is 5.05. The number of halogens is 3. The van der Waals surface area contributed by atoms with Gasteiger partial charge in [-0.2, -0.15) is 13.2 Å². The minimum Gasteiger partial charge on any atom is -0.376 e. The summed E-state index contributed by atoms with van der Waals surface area (Å²) >= 11 is 0. The van der Waals surface area contributed by atoms with Crippen molar-refractivity contribution in [3.63, 3.8) is 0 Å². The molecule has 15 heavy (non-hydrogen) atoms.